The molecule has 0 aliphatic heterocycles. The van der Waals surface area contributed by atoms with Crippen LogP contribution in [0.25, 0.3) is 0 Å². The zero-order valence-corrected chi connectivity index (χ0v) is 5.89. The van der Waals surface area contributed by atoms with Gasteiger partial charge in [0, 0.05) is 5.57 Å². The first-order valence-electron chi connectivity index (χ1n) is 3.08. The van der Waals surface area contributed by atoms with E-state index >= 15 is 0 Å². The summed E-state index contributed by atoms with van der Waals surface area (Å²) in [5.74, 6) is 0. The molecule has 0 radical (unpaired) electrons. The lowest BCUT2D eigenvalue weighted by Gasteiger charge is -1.81. The molecule has 0 aliphatic rings. The van der Waals surface area contributed by atoms with Gasteiger partial charge in [0.2, 0.25) is 0 Å². The molecule has 0 aromatic heterocycles. The van der Waals surface area contributed by atoms with Gasteiger partial charge >= 0.3 is 0 Å². The third kappa shape index (κ3) is 3.54. The minimum Gasteiger partial charge on any atom is -0.192 e. The van der Waals surface area contributed by atoms with Gasteiger partial charge in [-0.3, -0.25) is 0 Å². The zero-order valence-electron chi connectivity index (χ0n) is 5.89. The van der Waals surface area contributed by atoms with E-state index in [9.17, 15) is 0 Å². The summed E-state index contributed by atoms with van der Waals surface area (Å²) < 4.78 is 0. The molecule has 0 aromatic carbocycles. The summed E-state index contributed by atoms with van der Waals surface area (Å²) in [6.45, 7) is 3.90. The number of hydrogen-bond donors (Lipinski definition) is 0. The van der Waals surface area contributed by atoms with Gasteiger partial charge in [0.25, 0.3) is 0 Å². The Morgan fingerprint density at radius 1 is 1.67 bits per heavy atom. The first-order chi connectivity index (χ1) is 4.35. The van der Waals surface area contributed by atoms with Crippen LogP contribution in [0.5, 0.6) is 0 Å². The van der Waals surface area contributed by atoms with Crippen molar-refractivity contribution in [2.24, 2.45) is 0 Å². The monoisotopic (exact) mass is 121 g/mol. The lowest BCUT2D eigenvalue weighted by molar-refractivity contribution is 1.22. The minimum atomic E-state index is 0.733. The Morgan fingerprint density at radius 2 is 2.33 bits per heavy atom. The third-order valence-electron chi connectivity index (χ3n) is 0.973. The van der Waals surface area contributed by atoms with Crippen LogP contribution in [0.2, 0.25) is 0 Å². The Balaban J connectivity index is 3.90. The van der Waals surface area contributed by atoms with Crippen LogP contribution < -0.4 is 0 Å². The van der Waals surface area contributed by atoms with Crippen molar-refractivity contribution in [1.29, 1.82) is 5.26 Å². The van der Waals surface area contributed by atoms with E-state index in [-0.39, 0.29) is 0 Å². The predicted octanol–water partition coefficient (Wildman–Crippen LogP) is 2.42. The van der Waals surface area contributed by atoms with Crippen LogP contribution in [0.3, 0.4) is 0 Å². The number of hydrogen-bond acceptors (Lipinski definition) is 1. The van der Waals surface area contributed by atoms with E-state index in [0.717, 1.165) is 12.0 Å². The number of allylic oxidation sites excluding steroid dienone is 4. The van der Waals surface area contributed by atoms with E-state index in [1.165, 1.54) is 0 Å². The Hall–Kier alpha value is -1.03. The van der Waals surface area contributed by atoms with E-state index in [4.69, 9.17) is 5.26 Å². The molecule has 1 nitrogen and oxygen atoms in total. The Morgan fingerprint density at radius 3 is 2.67 bits per heavy atom. The molecule has 0 unspecified atom stereocenters. The molecule has 0 N–H and O–H groups in total. The average molecular weight is 121 g/mol. The molecular formula is C8H11N. The largest absolute Gasteiger partial charge is 0.192 e. The van der Waals surface area contributed by atoms with Crippen molar-refractivity contribution in [2.75, 3.05) is 0 Å². The Kier molecular flexibility index (Phi) is 4.53. The highest BCUT2D eigenvalue weighted by Gasteiger charge is 1.80. The van der Waals surface area contributed by atoms with Crippen molar-refractivity contribution >= 4 is 0 Å². The summed E-state index contributed by atoms with van der Waals surface area (Å²) in [6.07, 6.45) is 6.59. The summed E-state index contributed by atoms with van der Waals surface area (Å²) in [5, 5.41) is 8.38. The van der Waals surface area contributed by atoms with Crippen molar-refractivity contribution < 1.29 is 0 Å². The van der Waals surface area contributed by atoms with Crippen LogP contribution in [0, 0.1) is 11.3 Å². The molecule has 9 heavy (non-hydrogen) atoms. The lowest BCUT2D eigenvalue weighted by Crippen LogP contribution is -1.67. The first-order valence-corrected chi connectivity index (χ1v) is 3.08. The van der Waals surface area contributed by atoms with Crippen LogP contribution in [0.4, 0.5) is 0 Å². The third-order valence-corrected chi connectivity index (χ3v) is 0.973. The molecule has 1 heteroatoms. The highest BCUT2D eigenvalue weighted by Crippen LogP contribution is 1.94. The van der Waals surface area contributed by atoms with Crippen LogP contribution >= 0.6 is 0 Å². The van der Waals surface area contributed by atoms with Gasteiger partial charge in [-0.15, -0.1) is 0 Å². The highest BCUT2D eigenvalue weighted by atomic mass is 14.2. The van der Waals surface area contributed by atoms with E-state index in [2.05, 4.69) is 6.07 Å². The normalized spacial score (nSPS) is 11.9. The van der Waals surface area contributed by atoms with Gasteiger partial charge < -0.3 is 0 Å². The van der Waals surface area contributed by atoms with E-state index in [0.29, 0.717) is 0 Å². The van der Waals surface area contributed by atoms with E-state index < -0.39 is 0 Å². The van der Waals surface area contributed by atoms with Gasteiger partial charge in [0.05, 0.1) is 6.07 Å². The van der Waals surface area contributed by atoms with Gasteiger partial charge in [-0.25, -0.2) is 0 Å². The molecular weight excluding hydrogens is 110 g/mol. The van der Waals surface area contributed by atoms with Crippen LogP contribution in [0.15, 0.2) is 23.8 Å². The molecule has 0 aliphatic carbocycles. The quantitative estimate of drug-likeness (QED) is 0.406. The maximum Gasteiger partial charge on any atom is 0.0987 e. The molecule has 0 aromatic rings. The molecule has 0 atom stereocenters. The average Bonchev–Trinajstić information content (AvgIpc) is 1.91. The van der Waals surface area contributed by atoms with Gasteiger partial charge in [-0.1, -0.05) is 19.1 Å². The molecule has 0 rings (SSSR count). The predicted molar refractivity (Wildman–Crippen MR) is 38.8 cm³/mol. The van der Waals surface area contributed by atoms with Crippen molar-refractivity contribution in [3.63, 3.8) is 0 Å². The molecule has 0 heterocycles. The summed E-state index contributed by atoms with van der Waals surface area (Å²) in [6, 6.07) is 2.06. The second-order valence-electron chi connectivity index (χ2n) is 1.67. The Labute approximate surface area is 56.3 Å². The highest BCUT2D eigenvalue weighted by molar-refractivity contribution is 5.31. The zero-order chi connectivity index (χ0) is 7.11. The van der Waals surface area contributed by atoms with E-state index in [1.54, 1.807) is 6.08 Å². The van der Waals surface area contributed by atoms with Crippen molar-refractivity contribution in [3.8, 4) is 6.07 Å². The van der Waals surface area contributed by atoms with Crippen molar-refractivity contribution in [3.05, 3.63) is 23.8 Å². The second-order valence-corrected chi connectivity index (χ2v) is 1.67. The fraction of sp³-hybridized carbons (Fsp3) is 0.375. The molecule has 0 saturated heterocycles. The molecule has 0 saturated carbocycles. The van der Waals surface area contributed by atoms with Gasteiger partial charge in [0.15, 0.2) is 0 Å². The summed E-state index contributed by atoms with van der Waals surface area (Å²) >= 11 is 0. The second kappa shape index (κ2) is 5.11. The van der Waals surface area contributed by atoms with E-state index in [1.807, 2.05) is 26.0 Å². The smallest absolute Gasteiger partial charge is 0.0987 e. The lowest BCUT2D eigenvalue weighted by atomic mass is 10.2. The standard InChI is InChI=1S/C8H11N/c1-3-5-6-8(4-2)7-9/h4-6H,3H2,1-2H3/b6-5-,8-4+. The van der Waals surface area contributed by atoms with Gasteiger partial charge in [0.1, 0.15) is 0 Å². The summed E-state index contributed by atoms with van der Waals surface area (Å²) in [5.41, 5.74) is 0.733. The van der Waals surface area contributed by atoms with Gasteiger partial charge in [-0.05, 0) is 19.4 Å². The SMILES string of the molecule is C/C=C(C#N)\C=C/CC. The van der Waals surface area contributed by atoms with Crippen LogP contribution in [-0.4, -0.2) is 0 Å². The minimum absolute atomic E-state index is 0.733. The molecule has 0 bridgehead atoms. The maximum absolute atomic E-state index is 8.38. The fourth-order valence-electron chi connectivity index (χ4n) is 0.443. The Bertz CT molecular complexity index is 158. The molecule has 48 valence electrons. The fourth-order valence-corrected chi connectivity index (χ4v) is 0.443. The maximum atomic E-state index is 8.38. The number of rotatable bonds is 2. The first kappa shape index (κ1) is 7.97. The van der Waals surface area contributed by atoms with Crippen LogP contribution in [-0.2, 0) is 0 Å². The van der Waals surface area contributed by atoms with Gasteiger partial charge in [-0.2, -0.15) is 5.26 Å². The van der Waals surface area contributed by atoms with Crippen molar-refractivity contribution in [1.82, 2.24) is 0 Å². The molecule has 0 amide bonds. The number of nitriles is 1. The molecule has 0 fully saturated rings. The van der Waals surface area contributed by atoms with Crippen molar-refractivity contribution in [2.45, 2.75) is 20.3 Å². The number of nitrogens with zero attached hydrogens (tertiary/aromatic N) is 1. The summed E-state index contributed by atoms with van der Waals surface area (Å²) in [7, 11) is 0. The topological polar surface area (TPSA) is 23.8 Å². The van der Waals surface area contributed by atoms with Crippen LogP contribution in [0.1, 0.15) is 20.3 Å². The molecule has 0 spiro atoms. The summed E-state index contributed by atoms with van der Waals surface area (Å²) in [4.78, 5) is 0.